The van der Waals surface area contributed by atoms with Crippen LogP contribution in [0.3, 0.4) is 0 Å². The molecule has 0 radical (unpaired) electrons. The average molecular weight is 306 g/mol. The summed E-state index contributed by atoms with van der Waals surface area (Å²) in [6.07, 6.45) is 6.35. The Kier molecular flexibility index (Phi) is 5.57. The van der Waals surface area contributed by atoms with E-state index in [-0.39, 0.29) is 11.3 Å². The van der Waals surface area contributed by atoms with Crippen molar-refractivity contribution in [2.75, 3.05) is 16.8 Å². The molecule has 1 aliphatic carbocycles. The van der Waals surface area contributed by atoms with Crippen molar-refractivity contribution in [3.63, 3.8) is 0 Å². The van der Waals surface area contributed by atoms with E-state index in [1.165, 1.54) is 4.90 Å². The summed E-state index contributed by atoms with van der Waals surface area (Å²) in [5.74, 6) is 1.22. The first-order chi connectivity index (χ1) is 10.1. The van der Waals surface area contributed by atoms with Gasteiger partial charge in [-0.25, -0.2) is 0 Å². The fraction of sp³-hybridized carbons (Fsp3) is 0.588. The molecule has 0 unspecified atom stereocenters. The maximum Gasteiger partial charge on any atom is 0.230 e. The van der Waals surface area contributed by atoms with Crippen LogP contribution in [0, 0.1) is 5.41 Å². The lowest BCUT2D eigenvalue weighted by atomic mass is 9.82. The summed E-state index contributed by atoms with van der Waals surface area (Å²) in [6.45, 7) is 4.28. The van der Waals surface area contributed by atoms with E-state index in [4.69, 9.17) is 5.73 Å². The summed E-state index contributed by atoms with van der Waals surface area (Å²) in [5.41, 5.74) is 7.26. The summed E-state index contributed by atoms with van der Waals surface area (Å²) in [7, 11) is 0. The van der Waals surface area contributed by atoms with Crippen molar-refractivity contribution in [2.45, 2.75) is 57.3 Å². The van der Waals surface area contributed by atoms with Crippen LogP contribution >= 0.6 is 11.8 Å². The third-order valence-corrected chi connectivity index (χ3v) is 5.66. The van der Waals surface area contributed by atoms with Gasteiger partial charge in [-0.1, -0.05) is 26.7 Å². The number of hydrogen-bond acceptors (Lipinski definition) is 3. The zero-order valence-electron chi connectivity index (χ0n) is 13.1. The van der Waals surface area contributed by atoms with Gasteiger partial charge in [0, 0.05) is 10.3 Å². The lowest BCUT2D eigenvalue weighted by Crippen LogP contribution is -2.33. The van der Waals surface area contributed by atoms with Gasteiger partial charge in [0.15, 0.2) is 0 Å². The van der Waals surface area contributed by atoms with Crippen LogP contribution in [0.4, 0.5) is 11.4 Å². The number of carbonyl (C=O) groups is 1. The number of nitrogens with two attached hydrogens (primary N) is 1. The molecular weight excluding hydrogens is 280 g/mol. The van der Waals surface area contributed by atoms with Gasteiger partial charge in [-0.15, -0.1) is 11.8 Å². The Bertz CT molecular complexity index is 496. The first-order valence-corrected chi connectivity index (χ1v) is 8.93. The quantitative estimate of drug-likeness (QED) is 0.592. The summed E-state index contributed by atoms with van der Waals surface area (Å²) in [6, 6.07) is 5.92. The molecule has 116 valence electrons. The third-order valence-electron chi connectivity index (χ3n) is 4.46. The van der Waals surface area contributed by atoms with Crippen molar-refractivity contribution in [3.8, 4) is 0 Å². The third kappa shape index (κ3) is 3.73. The lowest BCUT2D eigenvalue weighted by Gasteiger charge is -2.26. The number of anilines is 2. The topological polar surface area (TPSA) is 55.1 Å². The minimum Gasteiger partial charge on any atom is -0.397 e. The second kappa shape index (κ2) is 7.21. The Morgan fingerprint density at radius 3 is 2.67 bits per heavy atom. The zero-order valence-corrected chi connectivity index (χ0v) is 13.9. The van der Waals surface area contributed by atoms with E-state index in [1.54, 1.807) is 11.8 Å². The zero-order chi connectivity index (χ0) is 15.3. The summed E-state index contributed by atoms with van der Waals surface area (Å²) < 4.78 is 0. The molecule has 21 heavy (non-hydrogen) atoms. The first-order valence-electron chi connectivity index (χ1n) is 7.95. The standard InChI is InChI=1S/C17H26N2OS/c1-3-11-21-13-7-8-14(18)15(12-13)19-16(20)17(4-2)9-5-6-10-17/h7-8,12H,3-6,9-11,18H2,1-2H3,(H,19,20). The molecular formula is C17H26N2OS. The highest BCUT2D eigenvalue weighted by atomic mass is 32.2. The van der Waals surface area contributed by atoms with E-state index in [0.717, 1.165) is 50.0 Å². The van der Waals surface area contributed by atoms with Crippen molar-refractivity contribution in [3.05, 3.63) is 18.2 Å². The Morgan fingerprint density at radius 2 is 2.05 bits per heavy atom. The number of carbonyl (C=O) groups excluding carboxylic acids is 1. The number of benzene rings is 1. The van der Waals surface area contributed by atoms with Crippen LogP contribution in [0.15, 0.2) is 23.1 Å². The van der Waals surface area contributed by atoms with Gasteiger partial charge in [0.1, 0.15) is 0 Å². The number of amides is 1. The molecule has 0 spiro atoms. The van der Waals surface area contributed by atoms with Gasteiger partial charge in [-0.05, 0) is 49.6 Å². The van der Waals surface area contributed by atoms with Gasteiger partial charge in [-0.2, -0.15) is 0 Å². The molecule has 0 heterocycles. The lowest BCUT2D eigenvalue weighted by molar-refractivity contribution is -0.125. The molecule has 1 aliphatic rings. The molecule has 0 bridgehead atoms. The van der Waals surface area contributed by atoms with E-state index in [2.05, 4.69) is 19.2 Å². The molecule has 0 saturated heterocycles. The van der Waals surface area contributed by atoms with Gasteiger partial charge in [0.25, 0.3) is 0 Å². The maximum absolute atomic E-state index is 12.7. The average Bonchev–Trinajstić information content (AvgIpc) is 2.98. The van der Waals surface area contributed by atoms with Gasteiger partial charge >= 0.3 is 0 Å². The Balaban J connectivity index is 2.12. The molecule has 2 rings (SSSR count). The van der Waals surface area contributed by atoms with Gasteiger partial charge in [0.05, 0.1) is 11.4 Å². The Morgan fingerprint density at radius 1 is 1.33 bits per heavy atom. The molecule has 1 saturated carbocycles. The molecule has 0 aliphatic heterocycles. The highest BCUT2D eigenvalue weighted by Gasteiger charge is 2.39. The Hall–Kier alpha value is -1.16. The molecule has 4 heteroatoms. The van der Waals surface area contributed by atoms with Crippen molar-refractivity contribution in [2.24, 2.45) is 5.41 Å². The van der Waals surface area contributed by atoms with Crippen LogP contribution in [0.5, 0.6) is 0 Å². The van der Waals surface area contributed by atoms with E-state index >= 15 is 0 Å². The van der Waals surface area contributed by atoms with E-state index < -0.39 is 0 Å². The molecule has 1 fully saturated rings. The number of thioether (sulfide) groups is 1. The predicted molar refractivity (Wildman–Crippen MR) is 91.7 cm³/mol. The number of rotatable bonds is 6. The first kappa shape index (κ1) is 16.2. The fourth-order valence-corrected chi connectivity index (χ4v) is 3.81. The van der Waals surface area contributed by atoms with Crippen molar-refractivity contribution in [1.82, 2.24) is 0 Å². The van der Waals surface area contributed by atoms with E-state index in [0.29, 0.717) is 5.69 Å². The second-order valence-electron chi connectivity index (χ2n) is 5.89. The van der Waals surface area contributed by atoms with Crippen LogP contribution in [0.25, 0.3) is 0 Å². The maximum atomic E-state index is 12.7. The highest BCUT2D eigenvalue weighted by molar-refractivity contribution is 7.99. The minimum absolute atomic E-state index is 0.145. The van der Waals surface area contributed by atoms with Crippen LogP contribution in [0.2, 0.25) is 0 Å². The van der Waals surface area contributed by atoms with E-state index in [1.807, 2.05) is 18.2 Å². The number of hydrogen-bond donors (Lipinski definition) is 2. The van der Waals surface area contributed by atoms with Crippen molar-refractivity contribution < 1.29 is 4.79 Å². The Labute approximate surface area is 132 Å². The van der Waals surface area contributed by atoms with Crippen LogP contribution in [-0.2, 0) is 4.79 Å². The van der Waals surface area contributed by atoms with Crippen molar-refractivity contribution in [1.29, 1.82) is 0 Å². The molecule has 1 aromatic rings. The van der Waals surface area contributed by atoms with Gasteiger partial charge < -0.3 is 11.1 Å². The monoisotopic (exact) mass is 306 g/mol. The van der Waals surface area contributed by atoms with E-state index in [9.17, 15) is 4.79 Å². The minimum atomic E-state index is -0.182. The van der Waals surface area contributed by atoms with Crippen LogP contribution in [-0.4, -0.2) is 11.7 Å². The highest BCUT2D eigenvalue weighted by Crippen LogP contribution is 2.42. The molecule has 1 amide bonds. The molecule has 3 N–H and O–H groups in total. The number of nitrogen functional groups attached to an aromatic ring is 1. The van der Waals surface area contributed by atoms with Crippen LogP contribution in [0.1, 0.15) is 52.4 Å². The second-order valence-corrected chi connectivity index (χ2v) is 7.06. The van der Waals surface area contributed by atoms with Crippen molar-refractivity contribution >= 4 is 29.0 Å². The van der Waals surface area contributed by atoms with Gasteiger partial charge in [0.2, 0.25) is 5.91 Å². The molecule has 3 nitrogen and oxygen atoms in total. The fourth-order valence-electron chi connectivity index (χ4n) is 3.00. The summed E-state index contributed by atoms with van der Waals surface area (Å²) in [5, 5.41) is 3.08. The number of nitrogens with one attached hydrogen (secondary N) is 1. The molecule has 0 atom stereocenters. The van der Waals surface area contributed by atoms with Gasteiger partial charge in [-0.3, -0.25) is 4.79 Å². The smallest absolute Gasteiger partial charge is 0.230 e. The SMILES string of the molecule is CCCSc1ccc(N)c(NC(=O)C2(CC)CCCC2)c1. The largest absolute Gasteiger partial charge is 0.397 e. The molecule has 0 aromatic heterocycles. The molecule has 1 aromatic carbocycles. The summed E-state index contributed by atoms with van der Waals surface area (Å²) >= 11 is 1.80. The summed E-state index contributed by atoms with van der Waals surface area (Å²) in [4.78, 5) is 13.8. The van der Waals surface area contributed by atoms with Crippen LogP contribution < -0.4 is 11.1 Å². The normalized spacial score (nSPS) is 16.9. The predicted octanol–water partition coefficient (Wildman–Crippen LogP) is 4.68.